The van der Waals surface area contributed by atoms with Crippen molar-refractivity contribution in [1.82, 2.24) is 24.7 Å². The van der Waals surface area contributed by atoms with Crippen LogP contribution in [-0.4, -0.2) is 24.7 Å². The second-order valence-electron chi connectivity index (χ2n) is 7.17. The van der Waals surface area contributed by atoms with Crippen LogP contribution in [0, 0.1) is 0 Å². The number of hydrogen-bond donors (Lipinski definition) is 2. The fraction of sp³-hybridized carbons (Fsp3) is 0.250. The maximum absolute atomic E-state index is 13.0. The van der Waals surface area contributed by atoms with E-state index >= 15 is 0 Å². The van der Waals surface area contributed by atoms with E-state index in [0.29, 0.717) is 43.3 Å². The highest BCUT2D eigenvalue weighted by Crippen LogP contribution is 2.35. The van der Waals surface area contributed by atoms with Crippen LogP contribution in [0.1, 0.15) is 49.8 Å². The molecule has 0 aliphatic rings. The van der Waals surface area contributed by atoms with E-state index in [2.05, 4.69) is 15.1 Å². The fourth-order valence-corrected chi connectivity index (χ4v) is 4.31. The minimum Gasteiger partial charge on any atom is -0.364 e. The number of aromatic nitrogens is 5. The van der Waals surface area contributed by atoms with Crippen LogP contribution in [0.15, 0.2) is 35.3 Å². The zero-order chi connectivity index (χ0) is 20.9. The summed E-state index contributed by atoms with van der Waals surface area (Å²) in [5.41, 5.74) is 2.14. The number of hydrogen-bond acceptors (Lipinski definition) is 3. The largest absolute Gasteiger partial charge is 0.364 e. The summed E-state index contributed by atoms with van der Waals surface area (Å²) in [5, 5.41) is 6.13. The monoisotopic (exact) mass is 449 g/mol. The Bertz CT molecular complexity index is 1230. The van der Waals surface area contributed by atoms with Crippen molar-refractivity contribution in [2.45, 2.75) is 32.6 Å². The summed E-state index contributed by atoms with van der Waals surface area (Å²) in [6.45, 7) is 5.89. The minimum absolute atomic E-state index is 0.00168. The van der Waals surface area contributed by atoms with Gasteiger partial charge in [0, 0.05) is 16.9 Å². The summed E-state index contributed by atoms with van der Waals surface area (Å²) in [6.07, 6.45) is 1.83. The van der Waals surface area contributed by atoms with Crippen molar-refractivity contribution in [3.8, 4) is 5.69 Å². The number of nitrogens with one attached hydrogen (secondary N) is 2. The van der Waals surface area contributed by atoms with Crippen LogP contribution < -0.4 is 5.56 Å². The van der Waals surface area contributed by atoms with E-state index in [0.717, 1.165) is 5.69 Å². The Kier molecular flexibility index (Phi) is 5.19. The molecular weight excluding hydrogens is 433 g/mol. The van der Waals surface area contributed by atoms with Crippen molar-refractivity contribution in [2.24, 2.45) is 0 Å². The van der Waals surface area contributed by atoms with Gasteiger partial charge >= 0.3 is 0 Å². The molecule has 9 heteroatoms. The molecule has 0 aliphatic carbocycles. The first-order valence-corrected chi connectivity index (χ1v) is 10.2. The van der Waals surface area contributed by atoms with Crippen molar-refractivity contribution < 1.29 is 0 Å². The maximum atomic E-state index is 13.0. The molecule has 1 atom stereocenters. The third-order valence-electron chi connectivity index (χ3n) is 4.82. The molecule has 6 nitrogen and oxygen atoms in total. The Morgan fingerprint density at radius 3 is 2.38 bits per heavy atom. The molecule has 0 bridgehead atoms. The Morgan fingerprint density at radius 2 is 1.79 bits per heavy atom. The van der Waals surface area contributed by atoms with E-state index < -0.39 is 0 Å². The molecule has 0 amide bonds. The van der Waals surface area contributed by atoms with Gasteiger partial charge in [0.1, 0.15) is 16.9 Å². The van der Waals surface area contributed by atoms with Crippen LogP contribution in [0.25, 0.3) is 16.7 Å². The second kappa shape index (κ2) is 7.52. The number of nitrogens with zero attached hydrogens (tertiary/aromatic N) is 3. The van der Waals surface area contributed by atoms with Gasteiger partial charge in [-0.1, -0.05) is 48.7 Å². The fourth-order valence-electron chi connectivity index (χ4n) is 3.33. The predicted octanol–water partition coefficient (Wildman–Crippen LogP) is 5.67. The van der Waals surface area contributed by atoms with Crippen molar-refractivity contribution in [3.63, 3.8) is 0 Å². The highest BCUT2D eigenvalue weighted by Gasteiger charge is 2.24. The van der Waals surface area contributed by atoms with Gasteiger partial charge in [0.25, 0.3) is 5.56 Å². The average molecular weight is 451 g/mol. The maximum Gasteiger partial charge on any atom is 0.262 e. The lowest BCUT2D eigenvalue weighted by Gasteiger charge is -2.11. The molecule has 0 aliphatic heterocycles. The van der Waals surface area contributed by atoms with Crippen molar-refractivity contribution in [1.29, 1.82) is 0 Å². The number of rotatable bonds is 4. The minimum atomic E-state index is -0.250. The SMILES string of the molecule is CC(C)c1nn(-c2c(Cl)cc(Cl)cc2Cl)c2nc(C(C)c3ccc[nH]3)[nH]c(=O)c12. The molecule has 1 unspecified atom stereocenters. The molecule has 0 fully saturated rings. The van der Waals surface area contributed by atoms with Gasteiger partial charge in [-0.3, -0.25) is 4.79 Å². The summed E-state index contributed by atoms with van der Waals surface area (Å²) in [6, 6.07) is 7.01. The van der Waals surface area contributed by atoms with E-state index in [-0.39, 0.29) is 17.4 Å². The van der Waals surface area contributed by atoms with Gasteiger partial charge < -0.3 is 9.97 Å². The second-order valence-corrected chi connectivity index (χ2v) is 8.42. The smallest absolute Gasteiger partial charge is 0.262 e. The number of aromatic amines is 2. The molecule has 2 N–H and O–H groups in total. The molecule has 4 aromatic rings. The standard InChI is InChI=1S/C20H18Cl3N5O/c1-9(2)16-15-19(28(27-16)17-12(22)7-11(21)8-13(17)23)25-18(26-20(15)29)10(3)14-5-4-6-24-14/h4-10,24H,1-3H3,(H,25,26,29). The summed E-state index contributed by atoms with van der Waals surface area (Å²) >= 11 is 18.9. The van der Waals surface area contributed by atoms with Gasteiger partial charge in [-0.15, -0.1) is 0 Å². The topological polar surface area (TPSA) is 79.4 Å². The van der Waals surface area contributed by atoms with Crippen LogP contribution in [-0.2, 0) is 0 Å². The zero-order valence-corrected chi connectivity index (χ0v) is 18.2. The Balaban J connectivity index is 2.04. The molecule has 150 valence electrons. The molecule has 29 heavy (non-hydrogen) atoms. The Morgan fingerprint density at radius 1 is 1.10 bits per heavy atom. The molecule has 4 rings (SSSR count). The number of fused-ring (bicyclic) bond motifs is 1. The van der Waals surface area contributed by atoms with Crippen molar-refractivity contribution in [2.75, 3.05) is 0 Å². The van der Waals surface area contributed by atoms with E-state index in [1.54, 1.807) is 12.1 Å². The number of halogens is 3. The average Bonchev–Trinajstić information content (AvgIpc) is 3.29. The summed E-state index contributed by atoms with van der Waals surface area (Å²) in [5.74, 6) is 0.366. The first kappa shape index (κ1) is 20.0. The van der Waals surface area contributed by atoms with Gasteiger partial charge in [-0.05, 0) is 37.1 Å². The van der Waals surface area contributed by atoms with E-state index in [4.69, 9.17) is 39.8 Å². The number of H-pyrrole nitrogens is 2. The van der Waals surface area contributed by atoms with E-state index in [9.17, 15) is 4.79 Å². The summed E-state index contributed by atoms with van der Waals surface area (Å²) in [4.78, 5) is 23.8. The van der Waals surface area contributed by atoms with Crippen LogP contribution in [0.4, 0.5) is 0 Å². The quantitative estimate of drug-likeness (QED) is 0.420. The first-order chi connectivity index (χ1) is 13.8. The van der Waals surface area contributed by atoms with Gasteiger partial charge in [0.05, 0.1) is 21.7 Å². The lowest BCUT2D eigenvalue weighted by molar-refractivity contribution is 0.770. The molecular formula is C20H18Cl3N5O. The Labute approximate surface area is 181 Å². The lowest BCUT2D eigenvalue weighted by Crippen LogP contribution is -2.16. The first-order valence-electron chi connectivity index (χ1n) is 9.09. The van der Waals surface area contributed by atoms with Crippen LogP contribution in [0.5, 0.6) is 0 Å². The third-order valence-corrected chi connectivity index (χ3v) is 5.62. The molecule has 0 spiro atoms. The highest BCUT2D eigenvalue weighted by molar-refractivity contribution is 6.40. The van der Waals surface area contributed by atoms with Crippen LogP contribution in [0.3, 0.4) is 0 Å². The van der Waals surface area contributed by atoms with Gasteiger partial charge in [-0.2, -0.15) is 5.10 Å². The van der Waals surface area contributed by atoms with Crippen molar-refractivity contribution in [3.05, 3.63) is 73.1 Å². The van der Waals surface area contributed by atoms with Crippen LogP contribution >= 0.6 is 34.8 Å². The molecule has 0 saturated carbocycles. The molecule has 0 saturated heterocycles. The van der Waals surface area contributed by atoms with Crippen molar-refractivity contribution >= 4 is 45.8 Å². The highest BCUT2D eigenvalue weighted by atomic mass is 35.5. The van der Waals surface area contributed by atoms with E-state index in [1.165, 1.54) is 4.68 Å². The van der Waals surface area contributed by atoms with Gasteiger partial charge in [-0.25, -0.2) is 9.67 Å². The zero-order valence-electron chi connectivity index (χ0n) is 15.9. The molecule has 0 radical (unpaired) electrons. The van der Waals surface area contributed by atoms with Gasteiger partial charge in [0.15, 0.2) is 5.65 Å². The molecule has 3 heterocycles. The summed E-state index contributed by atoms with van der Waals surface area (Å²) < 4.78 is 1.53. The lowest BCUT2D eigenvalue weighted by atomic mass is 10.1. The third kappa shape index (κ3) is 3.45. The molecule has 3 aromatic heterocycles. The normalized spacial score (nSPS) is 12.8. The van der Waals surface area contributed by atoms with E-state index in [1.807, 2.05) is 39.1 Å². The van der Waals surface area contributed by atoms with Gasteiger partial charge in [0.2, 0.25) is 0 Å². The molecule has 1 aromatic carbocycles. The predicted molar refractivity (Wildman–Crippen MR) is 117 cm³/mol. The number of benzene rings is 1. The summed E-state index contributed by atoms with van der Waals surface area (Å²) in [7, 11) is 0. The Hall–Kier alpha value is -2.28. The van der Waals surface area contributed by atoms with Crippen LogP contribution in [0.2, 0.25) is 15.1 Å².